The van der Waals surface area contributed by atoms with Gasteiger partial charge in [-0.2, -0.15) is 0 Å². The van der Waals surface area contributed by atoms with Gasteiger partial charge in [0.15, 0.2) is 0 Å². The number of rotatable bonds is 2. The van der Waals surface area contributed by atoms with Crippen LogP contribution in [-0.4, -0.2) is 16.3 Å². The highest BCUT2D eigenvalue weighted by atomic mass is 16.3. The van der Waals surface area contributed by atoms with Gasteiger partial charge in [0.1, 0.15) is 0 Å². The summed E-state index contributed by atoms with van der Waals surface area (Å²) in [6.45, 7) is 0.105. The Morgan fingerprint density at radius 1 is 1.13 bits per heavy atom. The van der Waals surface area contributed by atoms with E-state index >= 15 is 0 Å². The second-order valence-electron chi connectivity index (χ2n) is 4.42. The summed E-state index contributed by atoms with van der Waals surface area (Å²) >= 11 is 0. The zero-order valence-corrected chi connectivity index (χ0v) is 8.89. The van der Waals surface area contributed by atoms with Gasteiger partial charge in [0, 0.05) is 0 Å². The molecule has 82 valence electrons. The minimum absolute atomic E-state index is 0.105. The molecule has 2 nitrogen and oxygen atoms in total. The molecule has 2 unspecified atom stereocenters. The largest absolute Gasteiger partial charge is 0.393 e. The molecule has 0 heterocycles. The predicted octanol–water partition coefficient (Wildman–Crippen LogP) is 2.20. The van der Waals surface area contributed by atoms with Crippen LogP contribution in [0.15, 0.2) is 24.3 Å². The quantitative estimate of drug-likeness (QED) is 0.778. The summed E-state index contributed by atoms with van der Waals surface area (Å²) in [6, 6.07) is 8.09. The first-order chi connectivity index (χ1) is 7.29. The van der Waals surface area contributed by atoms with Crippen molar-refractivity contribution in [3.63, 3.8) is 0 Å². The van der Waals surface area contributed by atoms with Crippen molar-refractivity contribution >= 4 is 0 Å². The van der Waals surface area contributed by atoms with Crippen LogP contribution in [0, 0.1) is 0 Å². The highest BCUT2D eigenvalue weighted by Gasteiger charge is 2.21. The van der Waals surface area contributed by atoms with E-state index in [1.165, 1.54) is 12.0 Å². The van der Waals surface area contributed by atoms with Gasteiger partial charge in [-0.3, -0.25) is 0 Å². The van der Waals surface area contributed by atoms with E-state index in [1.807, 2.05) is 12.1 Å². The molecule has 2 heteroatoms. The molecule has 1 aromatic rings. The van der Waals surface area contributed by atoms with Crippen LogP contribution in [0.25, 0.3) is 0 Å². The lowest BCUT2D eigenvalue weighted by Gasteiger charge is -2.26. The van der Waals surface area contributed by atoms with Gasteiger partial charge in [0.05, 0.1) is 12.7 Å². The van der Waals surface area contributed by atoms with E-state index in [0.29, 0.717) is 5.92 Å². The van der Waals surface area contributed by atoms with Crippen molar-refractivity contribution in [2.75, 3.05) is 0 Å². The first-order valence-electron chi connectivity index (χ1n) is 5.67. The molecule has 1 aliphatic rings. The SMILES string of the molecule is OCc1ccc(C2CCCC(O)C2)cc1. The van der Waals surface area contributed by atoms with Crippen molar-refractivity contribution in [2.45, 2.75) is 44.3 Å². The molecule has 0 saturated heterocycles. The zero-order valence-electron chi connectivity index (χ0n) is 8.89. The Bertz CT molecular complexity index is 305. The number of hydrogen-bond donors (Lipinski definition) is 2. The molecule has 1 fully saturated rings. The van der Waals surface area contributed by atoms with Crippen LogP contribution in [-0.2, 0) is 6.61 Å². The molecular formula is C13H18O2. The lowest BCUT2D eigenvalue weighted by Crippen LogP contribution is -2.18. The Kier molecular flexibility index (Phi) is 3.39. The normalized spacial score (nSPS) is 26.5. The molecule has 0 bridgehead atoms. The standard InChI is InChI=1S/C13H18O2/c14-9-10-4-6-11(7-5-10)12-2-1-3-13(15)8-12/h4-7,12-15H,1-3,8-9H2. The molecule has 2 atom stereocenters. The van der Waals surface area contributed by atoms with E-state index < -0.39 is 0 Å². The van der Waals surface area contributed by atoms with Crippen molar-refractivity contribution in [3.05, 3.63) is 35.4 Å². The topological polar surface area (TPSA) is 40.5 Å². The molecule has 2 N–H and O–H groups in total. The lowest BCUT2D eigenvalue weighted by molar-refractivity contribution is 0.119. The fourth-order valence-corrected chi connectivity index (χ4v) is 2.36. The zero-order chi connectivity index (χ0) is 10.7. The molecule has 0 aliphatic heterocycles. The Balaban J connectivity index is 2.07. The van der Waals surface area contributed by atoms with Crippen molar-refractivity contribution in [1.29, 1.82) is 0 Å². The second kappa shape index (κ2) is 4.77. The Hall–Kier alpha value is -0.860. The van der Waals surface area contributed by atoms with Gasteiger partial charge in [0.25, 0.3) is 0 Å². The van der Waals surface area contributed by atoms with Gasteiger partial charge < -0.3 is 10.2 Å². The average Bonchev–Trinajstić information content (AvgIpc) is 2.29. The van der Waals surface area contributed by atoms with Crippen molar-refractivity contribution in [3.8, 4) is 0 Å². The monoisotopic (exact) mass is 206 g/mol. The van der Waals surface area contributed by atoms with Crippen molar-refractivity contribution < 1.29 is 10.2 Å². The smallest absolute Gasteiger partial charge is 0.0681 e. The lowest BCUT2D eigenvalue weighted by atomic mass is 9.82. The molecule has 1 aliphatic carbocycles. The number of benzene rings is 1. The Labute approximate surface area is 90.6 Å². The van der Waals surface area contributed by atoms with Gasteiger partial charge in [-0.1, -0.05) is 30.7 Å². The molecule has 15 heavy (non-hydrogen) atoms. The number of hydrogen-bond acceptors (Lipinski definition) is 2. The third-order valence-corrected chi connectivity index (χ3v) is 3.28. The van der Waals surface area contributed by atoms with Crippen LogP contribution >= 0.6 is 0 Å². The fraction of sp³-hybridized carbons (Fsp3) is 0.538. The minimum Gasteiger partial charge on any atom is -0.393 e. The first-order valence-corrected chi connectivity index (χ1v) is 5.67. The molecule has 2 rings (SSSR count). The summed E-state index contributed by atoms with van der Waals surface area (Å²) in [5, 5.41) is 18.5. The van der Waals surface area contributed by atoms with Crippen LogP contribution in [0.1, 0.15) is 42.7 Å². The van der Waals surface area contributed by atoms with Crippen LogP contribution in [0.4, 0.5) is 0 Å². The minimum atomic E-state index is -0.124. The maximum absolute atomic E-state index is 9.60. The molecule has 0 aromatic heterocycles. The van der Waals surface area contributed by atoms with Gasteiger partial charge in [-0.25, -0.2) is 0 Å². The average molecular weight is 206 g/mol. The van der Waals surface area contributed by atoms with Crippen molar-refractivity contribution in [2.24, 2.45) is 0 Å². The van der Waals surface area contributed by atoms with Crippen LogP contribution in [0.3, 0.4) is 0 Å². The molecule has 0 radical (unpaired) electrons. The molecule has 0 spiro atoms. The Morgan fingerprint density at radius 3 is 2.47 bits per heavy atom. The van der Waals surface area contributed by atoms with Crippen LogP contribution < -0.4 is 0 Å². The van der Waals surface area contributed by atoms with E-state index in [4.69, 9.17) is 5.11 Å². The summed E-state index contributed by atoms with van der Waals surface area (Å²) in [4.78, 5) is 0. The fourth-order valence-electron chi connectivity index (χ4n) is 2.36. The molecule has 1 aromatic carbocycles. The summed E-state index contributed by atoms with van der Waals surface area (Å²) in [5.41, 5.74) is 2.25. The maximum Gasteiger partial charge on any atom is 0.0681 e. The Morgan fingerprint density at radius 2 is 1.87 bits per heavy atom. The van der Waals surface area contributed by atoms with Gasteiger partial charge in [-0.05, 0) is 36.3 Å². The highest BCUT2D eigenvalue weighted by molar-refractivity contribution is 5.25. The molecule has 0 amide bonds. The number of aliphatic hydroxyl groups is 2. The van der Waals surface area contributed by atoms with Crippen LogP contribution in [0.2, 0.25) is 0 Å². The van der Waals surface area contributed by atoms with E-state index in [0.717, 1.165) is 24.8 Å². The summed E-state index contributed by atoms with van der Waals surface area (Å²) in [6.07, 6.45) is 4.01. The maximum atomic E-state index is 9.60. The third kappa shape index (κ3) is 2.58. The van der Waals surface area contributed by atoms with E-state index in [1.54, 1.807) is 0 Å². The molecule has 1 saturated carbocycles. The summed E-state index contributed by atoms with van der Waals surface area (Å²) < 4.78 is 0. The number of aliphatic hydroxyl groups excluding tert-OH is 2. The summed E-state index contributed by atoms with van der Waals surface area (Å²) in [7, 11) is 0. The van der Waals surface area contributed by atoms with E-state index in [-0.39, 0.29) is 12.7 Å². The molecular weight excluding hydrogens is 188 g/mol. The first kappa shape index (κ1) is 10.7. The van der Waals surface area contributed by atoms with Crippen LogP contribution in [0.5, 0.6) is 0 Å². The third-order valence-electron chi connectivity index (χ3n) is 3.28. The van der Waals surface area contributed by atoms with E-state index in [9.17, 15) is 5.11 Å². The summed E-state index contributed by atoms with van der Waals surface area (Å²) in [5.74, 6) is 0.501. The van der Waals surface area contributed by atoms with E-state index in [2.05, 4.69) is 12.1 Å². The second-order valence-corrected chi connectivity index (χ2v) is 4.42. The predicted molar refractivity (Wildman–Crippen MR) is 59.6 cm³/mol. The highest BCUT2D eigenvalue weighted by Crippen LogP contribution is 2.32. The van der Waals surface area contributed by atoms with Crippen molar-refractivity contribution in [1.82, 2.24) is 0 Å². The van der Waals surface area contributed by atoms with Gasteiger partial charge >= 0.3 is 0 Å². The van der Waals surface area contributed by atoms with Gasteiger partial charge in [0.2, 0.25) is 0 Å². The van der Waals surface area contributed by atoms with Gasteiger partial charge in [-0.15, -0.1) is 0 Å².